The van der Waals surface area contributed by atoms with Crippen molar-refractivity contribution >= 4 is 18.2 Å². The van der Waals surface area contributed by atoms with E-state index in [-0.39, 0.29) is 18.0 Å². The molecule has 1 aromatic carbocycles. The van der Waals surface area contributed by atoms with Crippen LogP contribution in [0, 0.1) is 5.92 Å². The van der Waals surface area contributed by atoms with Crippen LogP contribution >= 0.6 is 0 Å². The van der Waals surface area contributed by atoms with Gasteiger partial charge in [-0.15, -0.1) is 0 Å². The van der Waals surface area contributed by atoms with Gasteiger partial charge in [0.2, 0.25) is 0 Å². The summed E-state index contributed by atoms with van der Waals surface area (Å²) in [6, 6.07) is 4.41. The van der Waals surface area contributed by atoms with Crippen LogP contribution in [0.3, 0.4) is 0 Å². The molecular formula is C20H30O7. The highest BCUT2D eigenvalue weighted by Gasteiger charge is 2.29. The number of ether oxygens (including phenoxy) is 3. The average Bonchev–Trinajstić information content (AvgIpc) is 2.59. The van der Waals surface area contributed by atoms with Crippen LogP contribution in [-0.2, 0) is 19.1 Å². The van der Waals surface area contributed by atoms with Gasteiger partial charge < -0.3 is 19.3 Å². The molecule has 0 atom stereocenters. The van der Waals surface area contributed by atoms with Gasteiger partial charge in [0.05, 0.1) is 19.3 Å². The second kappa shape index (κ2) is 12.7. The van der Waals surface area contributed by atoms with Gasteiger partial charge in [0, 0.05) is 5.56 Å². The van der Waals surface area contributed by atoms with Crippen LogP contribution in [-0.4, -0.2) is 42.6 Å². The fourth-order valence-corrected chi connectivity index (χ4v) is 2.02. The highest BCUT2D eigenvalue weighted by molar-refractivity contribution is 5.95. The van der Waals surface area contributed by atoms with E-state index in [1.807, 2.05) is 6.92 Å². The predicted molar refractivity (Wildman–Crippen MR) is 101 cm³/mol. The molecule has 0 spiro atoms. The maximum Gasteiger partial charge on any atom is 0.320 e. The third kappa shape index (κ3) is 9.63. The van der Waals surface area contributed by atoms with Gasteiger partial charge in [0.15, 0.2) is 17.4 Å². The molecule has 0 bridgehead atoms. The third-order valence-electron chi connectivity index (χ3n) is 3.19. The monoisotopic (exact) mass is 382 g/mol. The molecule has 0 radical (unpaired) electrons. The predicted octanol–water partition coefficient (Wildman–Crippen LogP) is 3.52. The van der Waals surface area contributed by atoms with Crippen LogP contribution in [0.15, 0.2) is 18.2 Å². The minimum Gasteiger partial charge on any atom is -0.504 e. The molecule has 0 heterocycles. The Bertz CT molecular complexity index is 586. The summed E-state index contributed by atoms with van der Waals surface area (Å²) in [7, 11) is 1.43. The fraction of sp³-hybridized carbons (Fsp3) is 0.550. The van der Waals surface area contributed by atoms with Gasteiger partial charge >= 0.3 is 11.9 Å². The Morgan fingerprint density at radius 2 is 1.59 bits per heavy atom. The Kier molecular flexibility index (Phi) is 11.5. The van der Waals surface area contributed by atoms with Crippen molar-refractivity contribution in [3.63, 3.8) is 0 Å². The number of carbonyl (C=O) groups is 3. The van der Waals surface area contributed by atoms with E-state index in [1.54, 1.807) is 27.7 Å². The zero-order valence-corrected chi connectivity index (χ0v) is 16.9. The number of benzene rings is 1. The van der Waals surface area contributed by atoms with Gasteiger partial charge in [-0.1, -0.05) is 13.3 Å². The van der Waals surface area contributed by atoms with Gasteiger partial charge in [0.25, 0.3) is 0 Å². The minimum atomic E-state index is -0.783. The van der Waals surface area contributed by atoms with Crippen molar-refractivity contribution in [2.24, 2.45) is 5.92 Å². The lowest BCUT2D eigenvalue weighted by molar-refractivity contribution is -0.166. The maximum absolute atomic E-state index is 11.6. The molecular weight excluding hydrogens is 352 g/mol. The van der Waals surface area contributed by atoms with Gasteiger partial charge in [0.1, 0.15) is 6.29 Å². The average molecular weight is 382 g/mol. The number of aldehydes is 1. The minimum absolute atomic E-state index is 0.0399. The van der Waals surface area contributed by atoms with E-state index in [4.69, 9.17) is 19.3 Å². The van der Waals surface area contributed by atoms with Crippen molar-refractivity contribution < 1.29 is 33.7 Å². The zero-order chi connectivity index (χ0) is 21.0. The first-order valence-electron chi connectivity index (χ1n) is 8.89. The molecule has 0 saturated carbocycles. The number of phenolic OH excluding ortho intramolecular Hbond substituents is 1. The van der Waals surface area contributed by atoms with Crippen LogP contribution in [0.1, 0.15) is 57.8 Å². The first-order chi connectivity index (χ1) is 12.7. The summed E-state index contributed by atoms with van der Waals surface area (Å²) in [5, 5.41) is 9.09. The lowest BCUT2D eigenvalue weighted by Crippen LogP contribution is -2.31. The van der Waals surface area contributed by atoms with E-state index < -0.39 is 17.9 Å². The Morgan fingerprint density at radius 1 is 1.07 bits per heavy atom. The van der Waals surface area contributed by atoms with E-state index in [0.717, 1.165) is 6.42 Å². The van der Waals surface area contributed by atoms with E-state index in [1.165, 1.54) is 25.3 Å². The molecule has 27 heavy (non-hydrogen) atoms. The number of rotatable bonds is 8. The number of carbonyl (C=O) groups excluding carboxylic acids is 3. The van der Waals surface area contributed by atoms with Gasteiger partial charge in [-0.25, -0.2) is 0 Å². The molecule has 152 valence electrons. The summed E-state index contributed by atoms with van der Waals surface area (Å²) in [5.74, 6) is -1.40. The van der Waals surface area contributed by atoms with Crippen LogP contribution in [0.4, 0.5) is 0 Å². The van der Waals surface area contributed by atoms with Crippen molar-refractivity contribution in [3.8, 4) is 11.5 Å². The number of phenols is 1. The molecule has 0 saturated heterocycles. The summed E-state index contributed by atoms with van der Waals surface area (Å²) in [6.07, 6.45) is 1.49. The summed E-state index contributed by atoms with van der Waals surface area (Å²) >= 11 is 0. The largest absolute Gasteiger partial charge is 0.504 e. The molecule has 0 amide bonds. The van der Waals surface area contributed by atoms with Gasteiger partial charge in [-0.05, 0) is 52.3 Å². The molecule has 0 aliphatic heterocycles. The molecule has 7 heteroatoms. The van der Waals surface area contributed by atoms with Gasteiger partial charge in [-0.3, -0.25) is 14.4 Å². The molecule has 1 aromatic rings. The maximum atomic E-state index is 11.6. The van der Waals surface area contributed by atoms with E-state index >= 15 is 0 Å². The molecule has 0 unspecified atom stereocenters. The van der Waals surface area contributed by atoms with Crippen LogP contribution in [0.25, 0.3) is 0 Å². The Balaban J connectivity index is 0.000000533. The number of methoxy groups -OCH3 is 1. The molecule has 7 nitrogen and oxygen atoms in total. The SMILES string of the molecule is CCCC(C(=O)OC(C)C)C(=O)OC(C)C.COc1cc(C=O)ccc1O. The lowest BCUT2D eigenvalue weighted by atomic mass is 10.0. The van der Waals surface area contributed by atoms with E-state index in [2.05, 4.69) is 0 Å². The van der Waals surface area contributed by atoms with E-state index in [9.17, 15) is 14.4 Å². The summed E-state index contributed by atoms with van der Waals surface area (Å²) in [5.41, 5.74) is 0.486. The smallest absolute Gasteiger partial charge is 0.320 e. The first kappa shape index (κ1) is 24.4. The van der Waals surface area contributed by atoms with Gasteiger partial charge in [-0.2, -0.15) is 0 Å². The molecule has 0 aliphatic carbocycles. The van der Waals surface area contributed by atoms with Crippen molar-refractivity contribution in [2.45, 2.75) is 59.7 Å². The quantitative estimate of drug-likeness (QED) is 0.417. The number of aromatic hydroxyl groups is 1. The third-order valence-corrected chi connectivity index (χ3v) is 3.19. The summed E-state index contributed by atoms with van der Waals surface area (Å²) < 4.78 is 14.8. The second-order valence-electron chi connectivity index (χ2n) is 6.36. The Labute approximate surface area is 160 Å². The lowest BCUT2D eigenvalue weighted by Gasteiger charge is -2.17. The van der Waals surface area contributed by atoms with Crippen LogP contribution in [0.5, 0.6) is 11.5 Å². The molecule has 0 fully saturated rings. The number of hydrogen-bond donors (Lipinski definition) is 1. The normalized spacial score (nSPS) is 10.3. The Hall–Kier alpha value is -2.57. The van der Waals surface area contributed by atoms with Crippen LogP contribution in [0.2, 0.25) is 0 Å². The molecule has 1 rings (SSSR count). The Morgan fingerprint density at radius 3 is 1.96 bits per heavy atom. The van der Waals surface area contributed by atoms with Crippen molar-refractivity contribution in [1.29, 1.82) is 0 Å². The standard InChI is InChI=1S/C12H22O4.C8H8O3/c1-6-7-10(11(13)15-8(2)3)12(14)16-9(4)5;1-11-8-4-6(5-9)2-3-7(8)10/h8-10H,6-7H2,1-5H3;2-5,10H,1H3. The van der Waals surface area contributed by atoms with E-state index in [0.29, 0.717) is 24.0 Å². The highest BCUT2D eigenvalue weighted by Crippen LogP contribution is 2.25. The second-order valence-corrected chi connectivity index (χ2v) is 6.36. The molecule has 1 N–H and O–H groups in total. The topological polar surface area (TPSA) is 99.1 Å². The summed E-state index contributed by atoms with van der Waals surface area (Å²) in [6.45, 7) is 8.95. The highest BCUT2D eigenvalue weighted by atomic mass is 16.6. The van der Waals surface area contributed by atoms with Crippen molar-refractivity contribution in [3.05, 3.63) is 23.8 Å². The van der Waals surface area contributed by atoms with Crippen LogP contribution < -0.4 is 4.74 Å². The first-order valence-corrected chi connectivity index (χ1v) is 8.89. The number of hydrogen-bond acceptors (Lipinski definition) is 7. The zero-order valence-electron chi connectivity index (χ0n) is 16.9. The molecule has 0 aliphatic rings. The number of esters is 2. The van der Waals surface area contributed by atoms with Crippen molar-refractivity contribution in [1.82, 2.24) is 0 Å². The summed E-state index contributed by atoms with van der Waals surface area (Å²) in [4.78, 5) is 33.5. The molecule has 0 aromatic heterocycles. The fourth-order valence-electron chi connectivity index (χ4n) is 2.02. The van der Waals surface area contributed by atoms with Crippen molar-refractivity contribution in [2.75, 3.05) is 7.11 Å².